The number of phenols is 1. The molecule has 0 saturated carbocycles. The standard InChI is InChI=1S/C18H19N3O/c1-13-4-9-17-16(11-13)18(21-12-20-17)19-10-2-3-14-5-7-15(22)8-6-14/h4-9,11-12,22H,2-3,10H2,1H3,(H,19,20,21). The molecule has 1 heterocycles. The molecule has 3 rings (SSSR count). The van der Waals surface area contributed by atoms with E-state index < -0.39 is 0 Å². The maximum Gasteiger partial charge on any atom is 0.137 e. The van der Waals surface area contributed by atoms with Gasteiger partial charge in [0.05, 0.1) is 5.52 Å². The first-order chi connectivity index (χ1) is 10.7. The molecule has 22 heavy (non-hydrogen) atoms. The van der Waals surface area contributed by atoms with Crippen LogP contribution in [0.2, 0.25) is 0 Å². The first-order valence-electron chi connectivity index (χ1n) is 7.45. The SMILES string of the molecule is Cc1ccc2ncnc(NCCCc3ccc(O)cc3)c2c1. The van der Waals surface area contributed by atoms with E-state index in [2.05, 4.69) is 34.3 Å². The van der Waals surface area contributed by atoms with Gasteiger partial charge in [0, 0.05) is 11.9 Å². The number of rotatable bonds is 5. The van der Waals surface area contributed by atoms with Crippen LogP contribution in [0.4, 0.5) is 5.82 Å². The van der Waals surface area contributed by atoms with E-state index in [1.54, 1.807) is 18.5 Å². The van der Waals surface area contributed by atoms with Gasteiger partial charge >= 0.3 is 0 Å². The van der Waals surface area contributed by atoms with Crippen LogP contribution in [0.1, 0.15) is 17.5 Å². The van der Waals surface area contributed by atoms with Crippen molar-refractivity contribution in [2.45, 2.75) is 19.8 Å². The van der Waals surface area contributed by atoms with Gasteiger partial charge in [-0.25, -0.2) is 9.97 Å². The Morgan fingerprint density at radius 2 is 1.86 bits per heavy atom. The molecule has 0 aliphatic heterocycles. The number of nitrogens with one attached hydrogen (secondary N) is 1. The summed E-state index contributed by atoms with van der Waals surface area (Å²) in [6.45, 7) is 2.92. The maximum atomic E-state index is 9.27. The van der Waals surface area contributed by atoms with Gasteiger partial charge in [0.1, 0.15) is 17.9 Å². The van der Waals surface area contributed by atoms with Gasteiger partial charge in [-0.2, -0.15) is 0 Å². The Morgan fingerprint density at radius 3 is 2.68 bits per heavy atom. The van der Waals surface area contributed by atoms with E-state index in [0.29, 0.717) is 5.75 Å². The highest BCUT2D eigenvalue weighted by molar-refractivity contribution is 5.89. The number of hydrogen-bond acceptors (Lipinski definition) is 4. The molecule has 4 nitrogen and oxygen atoms in total. The van der Waals surface area contributed by atoms with Crippen LogP contribution in [0.15, 0.2) is 48.8 Å². The molecular weight excluding hydrogens is 274 g/mol. The highest BCUT2D eigenvalue weighted by Gasteiger charge is 2.03. The first-order valence-corrected chi connectivity index (χ1v) is 7.45. The molecule has 0 saturated heterocycles. The van der Waals surface area contributed by atoms with E-state index in [4.69, 9.17) is 0 Å². The number of aromatic nitrogens is 2. The van der Waals surface area contributed by atoms with Crippen LogP contribution in [0.25, 0.3) is 10.9 Å². The van der Waals surface area contributed by atoms with Gasteiger partial charge in [0.25, 0.3) is 0 Å². The lowest BCUT2D eigenvalue weighted by Crippen LogP contribution is -2.05. The molecule has 0 radical (unpaired) electrons. The van der Waals surface area contributed by atoms with E-state index in [1.165, 1.54) is 11.1 Å². The Bertz CT molecular complexity index is 769. The minimum atomic E-state index is 0.310. The lowest BCUT2D eigenvalue weighted by molar-refractivity contribution is 0.475. The Labute approximate surface area is 129 Å². The van der Waals surface area contributed by atoms with Crippen LogP contribution in [0, 0.1) is 6.92 Å². The lowest BCUT2D eigenvalue weighted by atomic mass is 10.1. The van der Waals surface area contributed by atoms with Crippen molar-refractivity contribution in [3.8, 4) is 5.75 Å². The van der Waals surface area contributed by atoms with Gasteiger partial charge in [-0.15, -0.1) is 0 Å². The van der Waals surface area contributed by atoms with Crippen molar-refractivity contribution in [2.24, 2.45) is 0 Å². The van der Waals surface area contributed by atoms with Crippen molar-refractivity contribution >= 4 is 16.7 Å². The predicted octanol–water partition coefficient (Wildman–Crippen LogP) is 3.69. The summed E-state index contributed by atoms with van der Waals surface area (Å²) in [5.41, 5.74) is 3.39. The Kier molecular flexibility index (Phi) is 4.19. The number of fused-ring (bicyclic) bond motifs is 1. The lowest BCUT2D eigenvalue weighted by Gasteiger charge is -2.09. The largest absolute Gasteiger partial charge is 0.508 e. The molecular formula is C18H19N3O. The van der Waals surface area contributed by atoms with Crippen molar-refractivity contribution in [2.75, 3.05) is 11.9 Å². The van der Waals surface area contributed by atoms with Crippen molar-refractivity contribution in [3.05, 3.63) is 59.9 Å². The fourth-order valence-electron chi connectivity index (χ4n) is 2.47. The highest BCUT2D eigenvalue weighted by atomic mass is 16.3. The second-order valence-electron chi connectivity index (χ2n) is 5.44. The quantitative estimate of drug-likeness (QED) is 0.704. The monoisotopic (exact) mass is 293 g/mol. The molecule has 0 aliphatic carbocycles. The van der Waals surface area contributed by atoms with Gasteiger partial charge < -0.3 is 10.4 Å². The van der Waals surface area contributed by atoms with Crippen LogP contribution in [-0.4, -0.2) is 21.6 Å². The maximum absolute atomic E-state index is 9.27. The zero-order valence-corrected chi connectivity index (χ0v) is 12.6. The number of aromatic hydroxyl groups is 1. The molecule has 0 bridgehead atoms. The molecule has 112 valence electrons. The minimum absolute atomic E-state index is 0.310. The fraction of sp³-hybridized carbons (Fsp3) is 0.222. The minimum Gasteiger partial charge on any atom is -0.508 e. The fourth-order valence-corrected chi connectivity index (χ4v) is 2.47. The topological polar surface area (TPSA) is 58.0 Å². The summed E-state index contributed by atoms with van der Waals surface area (Å²) in [6, 6.07) is 13.6. The molecule has 0 spiro atoms. The van der Waals surface area contributed by atoms with E-state index in [9.17, 15) is 5.11 Å². The summed E-state index contributed by atoms with van der Waals surface area (Å²) in [7, 11) is 0. The first kappa shape index (κ1) is 14.3. The van der Waals surface area contributed by atoms with E-state index in [0.717, 1.165) is 36.1 Å². The molecule has 2 N–H and O–H groups in total. The highest BCUT2D eigenvalue weighted by Crippen LogP contribution is 2.20. The average Bonchev–Trinajstić information content (AvgIpc) is 2.53. The van der Waals surface area contributed by atoms with Gasteiger partial charge in [0.2, 0.25) is 0 Å². The second-order valence-corrected chi connectivity index (χ2v) is 5.44. The second kappa shape index (κ2) is 6.43. The van der Waals surface area contributed by atoms with Crippen LogP contribution >= 0.6 is 0 Å². The van der Waals surface area contributed by atoms with Crippen molar-refractivity contribution < 1.29 is 5.11 Å². The molecule has 0 aliphatic rings. The van der Waals surface area contributed by atoms with Gasteiger partial charge in [0.15, 0.2) is 0 Å². The van der Waals surface area contributed by atoms with Gasteiger partial charge in [-0.3, -0.25) is 0 Å². The molecule has 0 atom stereocenters. The number of phenolic OH excluding ortho intramolecular Hbond substituents is 1. The van der Waals surface area contributed by atoms with Gasteiger partial charge in [-0.1, -0.05) is 23.8 Å². The number of hydrogen-bond donors (Lipinski definition) is 2. The molecule has 0 unspecified atom stereocenters. The van der Waals surface area contributed by atoms with E-state index in [-0.39, 0.29) is 0 Å². The Hall–Kier alpha value is -2.62. The smallest absolute Gasteiger partial charge is 0.137 e. The summed E-state index contributed by atoms with van der Waals surface area (Å²) >= 11 is 0. The third kappa shape index (κ3) is 3.34. The predicted molar refractivity (Wildman–Crippen MR) is 89.2 cm³/mol. The Balaban J connectivity index is 1.62. The normalized spacial score (nSPS) is 10.8. The number of benzene rings is 2. The summed E-state index contributed by atoms with van der Waals surface area (Å²) < 4.78 is 0. The molecule has 3 aromatic rings. The van der Waals surface area contributed by atoms with Crippen molar-refractivity contribution in [1.29, 1.82) is 0 Å². The summed E-state index contributed by atoms with van der Waals surface area (Å²) in [4.78, 5) is 8.64. The third-order valence-electron chi connectivity index (χ3n) is 3.66. The summed E-state index contributed by atoms with van der Waals surface area (Å²) in [5.74, 6) is 1.20. The molecule has 0 amide bonds. The molecule has 2 aromatic carbocycles. The van der Waals surface area contributed by atoms with Crippen LogP contribution in [0.3, 0.4) is 0 Å². The number of anilines is 1. The molecule has 4 heteroatoms. The zero-order chi connectivity index (χ0) is 15.4. The molecule has 1 aromatic heterocycles. The average molecular weight is 293 g/mol. The van der Waals surface area contributed by atoms with Crippen LogP contribution in [-0.2, 0) is 6.42 Å². The van der Waals surface area contributed by atoms with Crippen molar-refractivity contribution in [3.63, 3.8) is 0 Å². The summed E-state index contributed by atoms with van der Waals surface area (Å²) in [6.07, 6.45) is 3.57. The number of aryl methyl sites for hydroxylation is 2. The van der Waals surface area contributed by atoms with Crippen LogP contribution < -0.4 is 5.32 Å². The van der Waals surface area contributed by atoms with Crippen LogP contribution in [0.5, 0.6) is 5.75 Å². The van der Waals surface area contributed by atoms with Crippen molar-refractivity contribution in [1.82, 2.24) is 9.97 Å². The summed E-state index contributed by atoms with van der Waals surface area (Å²) in [5, 5.41) is 13.7. The zero-order valence-electron chi connectivity index (χ0n) is 12.6. The van der Waals surface area contributed by atoms with E-state index >= 15 is 0 Å². The number of nitrogens with zero attached hydrogens (tertiary/aromatic N) is 2. The van der Waals surface area contributed by atoms with E-state index in [1.807, 2.05) is 18.2 Å². The third-order valence-corrected chi connectivity index (χ3v) is 3.66. The Morgan fingerprint density at radius 1 is 1.05 bits per heavy atom. The molecule has 0 fully saturated rings. The van der Waals surface area contributed by atoms with Gasteiger partial charge in [-0.05, 0) is 49.6 Å².